The number of ether oxygens (including phenoxy) is 1. The number of hydrogen-bond donors (Lipinski definition) is 1. The van der Waals surface area contributed by atoms with Gasteiger partial charge in [0.1, 0.15) is 18.2 Å². The minimum atomic E-state index is -0.405. The Balaban J connectivity index is 1.73. The maximum atomic E-state index is 13.6. The number of halogens is 1. The number of thioether (sulfide) groups is 1. The third kappa shape index (κ3) is 3.78. The van der Waals surface area contributed by atoms with E-state index in [-0.39, 0.29) is 17.7 Å². The SMILES string of the molecule is O=C1NC(=O)/C(=C\c2cccc(OCc3ccccc3F)c2)S1. The van der Waals surface area contributed by atoms with Crippen LogP contribution >= 0.6 is 11.8 Å². The van der Waals surface area contributed by atoms with Crippen LogP contribution in [-0.2, 0) is 11.4 Å². The van der Waals surface area contributed by atoms with Crippen LogP contribution in [0.2, 0.25) is 0 Å². The molecule has 0 radical (unpaired) electrons. The number of hydrogen-bond acceptors (Lipinski definition) is 4. The van der Waals surface area contributed by atoms with Crippen LogP contribution in [0.5, 0.6) is 5.75 Å². The Morgan fingerprint density at radius 2 is 1.96 bits per heavy atom. The monoisotopic (exact) mass is 329 g/mol. The normalized spacial score (nSPS) is 15.8. The number of benzene rings is 2. The Morgan fingerprint density at radius 3 is 2.70 bits per heavy atom. The van der Waals surface area contributed by atoms with Gasteiger partial charge in [-0.3, -0.25) is 14.9 Å². The lowest BCUT2D eigenvalue weighted by atomic mass is 10.2. The number of carbonyl (C=O) groups excluding carboxylic acids is 2. The van der Waals surface area contributed by atoms with Gasteiger partial charge in [0, 0.05) is 5.56 Å². The van der Waals surface area contributed by atoms with E-state index in [4.69, 9.17) is 4.74 Å². The highest BCUT2D eigenvalue weighted by Crippen LogP contribution is 2.26. The van der Waals surface area contributed by atoms with Crippen molar-refractivity contribution in [1.82, 2.24) is 5.32 Å². The molecule has 0 bridgehead atoms. The molecular weight excluding hydrogens is 317 g/mol. The van der Waals surface area contributed by atoms with Crippen LogP contribution in [0.15, 0.2) is 53.4 Å². The molecular formula is C17H12FNO3S. The summed E-state index contributed by atoms with van der Waals surface area (Å²) >= 11 is 0.858. The maximum Gasteiger partial charge on any atom is 0.290 e. The number of amides is 2. The Morgan fingerprint density at radius 1 is 1.13 bits per heavy atom. The standard InChI is InChI=1S/C17H12FNO3S/c18-14-7-2-1-5-12(14)10-22-13-6-3-4-11(8-13)9-15-16(20)19-17(21)23-15/h1-9H,10H2,(H,19,20,21)/b15-9+. The average Bonchev–Trinajstić information content (AvgIpc) is 2.84. The molecule has 1 aliphatic heterocycles. The molecule has 2 aromatic rings. The fourth-order valence-electron chi connectivity index (χ4n) is 2.04. The first-order chi connectivity index (χ1) is 11.1. The van der Waals surface area contributed by atoms with E-state index < -0.39 is 5.91 Å². The highest BCUT2D eigenvalue weighted by molar-refractivity contribution is 8.18. The van der Waals surface area contributed by atoms with Crippen molar-refractivity contribution >= 4 is 29.0 Å². The molecule has 116 valence electrons. The van der Waals surface area contributed by atoms with Gasteiger partial charge in [0.15, 0.2) is 0 Å². The molecule has 0 atom stereocenters. The number of rotatable bonds is 4. The predicted octanol–water partition coefficient (Wildman–Crippen LogP) is 3.73. The predicted molar refractivity (Wildman–Crippen MR) is 86.3 cm³/mol. The van der Waals surface area contributed by atoms with Crippen LogP contribution in [0, 0.1) is 5.82 Å². The molecule has 1 aliphatic rings. The smallest absolute Gasteiger partial charge is 0.290 e. The number of carbonyl (C=O) groups is 2. The highest BCUT2D eigenvalue weighted by atomic mass is 32.2. The molecule has 0 spiro atoms. The summed E-state index contributed by atoms with van der Waals surface area (Å²) in [5.74, 6) is -0.168. The summed E-state index contributed by atoms with van der Waals surface area (Å²) in [5, 5.41) is 1.82. The molecule has 2 aromatic carbocycles. The molecule has 1 heterocycles. The summed E-state index contributed by atoms with van der Waals surface area (Å²) in [5.41, 5.74) is 1.19. The topological polar surface area (TPSA) is 55.4 Å². The van der Waals surface area contributed by atoms with Gasteiger partial charge in [-0.15, -0.1) is 0 Å². The number of nitrogens with one attached hydrogen (secondary N) is 1. The Labute approximate surface area is 136 Å². The van der Waals surface area contributed by atoms with Gasteiger partial charge in [0.05, 0.1) is 4.91 Å². The maximum absolute atomic E-state index is 13.6. The van der Waals surface area contributed by atoms with E-state index in [0.29, 0.717) is 16.2 Å². The van der Waals surface area contributed by atoms with Crippen LogP contribution in [0.3, 0.4) is 0 Å². The van der Waals surface area contributed by atoms with Gasteiger partial charge in [-0.25, -0.2) is 4.39 Å². The van der Waals surface area contributed by atoms with Crippen molar-refractivity contribution in [3.63, 3.8) is 0 Å². The quantitative estimate of drug-likeness (QED) is 0.869. The Bertz CT molecular complexity index is 804. The summed E-state index contributed by atoms with van der Waals surface area (Å²) in [7, 11) is 0. The van der Waals surface area contributed by atoms with E-state index in [9.17, 15) is 14.0 Å². The van der Waals surface area contributed by atoms with Crippen LogP contribution < -0.4 is 10.1 Å². The lowest BCUT2D eigenvalue weighted by Gasteiger charge is -2.07. The van der Waals surface area contributed by atoms with Crippen molar-refractivity contribution in [3.05, 3.63) is 70.4 Å². The van der Waals surface area contributed by atoms with Crippen molar-refractivity contribution < 1.29 is 18.7 Å². The lowest BCUT2D eigenvalue weighted by molar-refractivity contribution is -0.115. The zero-order valence-electron chi connectivity index (χ0n) is 11.9. The third-order valence-electron chi connectivity index (χ3n) is 3.15. The van der Waals surface area contributed by atoms with E-state index in [1.54, 1.807) is 48.5 Å². The molecule has 1 saturated heterocycles. The second kappa shape index (κ2) is 6.66. The molecule has 4 nitrogen and oxygen atoms in total. The van der Waals surface area contributed by atoms with Crippen molar-refractivity contribution in [2.45, 2.75) is 6.61 Å². The summed E-state index contributed by atoms with van der Waals surface area (Å²) in [6, 6.07) is 13.4. The first kappa shape index (κ1) is 15.3. The molecule has 0 saturated carbocycles. The Hall–Kier alpha value is -2.60. The van der Waals surface area contributed by atoms with Crippen LogP contribution in [0.4, 0.5) is 9.18 Å². The summed E-state index contributed by atoms with van der Waals surface area (Å²) in [4.78, 5) is 23.0. The number of imide groups is 1. The zero-order valence-corrected chi connectivity index (χ0v) is 12.7. The molecule has 2 amide bonds. The third-order valence-corrected chi connectivity index (χ3v) is 3.96. The molecule has 0 aromatic heterocycles. The van der Waals surface area contributed by atoms with Crippen molar-refractivity contribution in [1.29, 1.82) is 0 Å². The molecule has 23 heavy (non-hydrogen) atoms. The van der Waals surface area contributed by atoms with Gasteiger partial charge in [-0.2, -0.15) is 0 Å². The molecule has 1 N–H and O–H groups in total. The second-order valence-electron chi connectivity index (χ2n) is 4.80. The fraction of sp³-hybridized carbons (Fsp3) is 0.0588. The zero-order chi connectivity index (χ0) is 16.2. The van der Waals surface area contributed by atoms with E-state index in [1.165, 1.54) is 6.07 Å². The first-order valence-electron chi connectivity index (χ1n) is 6.83. The van der Waals surface area contributed by atoms with Crippen LogP contribution in [0.1, 0.15) is 11.1 Å². The summed E-state index contributed by atoms with van der Waals surface area (Å²) in [6.07, 6.45) is 1.61. The van der Waals surface area contributed by atoms with Gasteiger partial charge in [0.25, 0.3) is 11.1 Å². The minimum absolute atomic E-state index is 0.112. The van der Waals surface area contributed by atoms with E-state index in [0.717, 1.165) is 17.3 Å². The van der Waals surface area contributed by atoms with Crippen molar-refractivity contribution in [3.8, 4) is 5.75 Å². The van der Waals surface area contributed by atoms with Gasteiger partial charge in [0.2, 0.25) is 0 Å². The molecule has 0 unspecified atom stereocenters. The van der Waals surface area contributed by atoms with Gasteiger partial charge in [-0.1, -0.05) is 30.3 Å². The largest absolute Gasteiger partial charge is 0.489 e. The van der Waals surface area contributed by atoms with Crippen LogP contribution in [-0.4, -0.2) is 11.1 Å². The van der Waals surface area contributed by atoms with Gasteiger partial charge >= 0.3 is 0 Å². The first-order valence-corrected chi connectivity index (χ1v) is 7.64. The molecule has 0 aliphatic carbocycles. The highest BCUT2D eigenvalue weighted by Gasteiger charge is 2.24. The van der Waals surface area contributed by atoms with Gasteiger partial charge < -0.3 is 4.74 Å². The van der Waals surface area contributed by atoms with Crippen molar-refractivity contribution in [2.24, 2.45) is 0 Å². The second-order valence-corrected chi connectivity index (χ2v) is 5.82. The van der Waals surface area contributed by atoms with Crippen molar-refractivity contribution in [2.75, 3.05) is 0 Å². The molecule has 3 rings (SSSR count). The average molecular weight is 329 g/mol. The minimum Gasteiger partial charge on any atom is -0.489 e. The fourth-order valence-corrected chi connectivity index (χ4v) is 2.73. The van der Waals surface area contributed by atoms with E-state index in [2.05, 4.69) is 5.32 Å². The molecule has 1 fully saturated rings. The summed E-state index contributed by atoms with van der Waals surface area (Å²) in [6.45, 7) is 0.112. The van der Waals surface area contributed by atoms with E-state index >= 15 is 0 Å². The summed E-state index contributed by atoms with van der Waals surface area (Å²) < 4.78 is 19.1. The van der Waals surface area contributed by atoms with Gasteiger partial charge in [-0.05, 0) is 41.6 Å². The van der Waals surface area contributed by atoms with E-state index in [1.807, 2.05) is 0 Å². The lowest BCUT2D eigenvalue weighted by Crippen LogP contribution is -2.17. The molecule has 6 heteroatoms. The van der Waals surface area contributed by atoms with Crippen LogP contribution in [0.25, 0.3) is 6.08 Å². The Kier molecular flexibility index (Phi) is 4.43.